The molecule has 3 heteroatoms. The molecule has 0 bridgehead atoms. The van der Waals surface area contributed by atoms with Crippen LogP contribution in [0.3, 0.4) is 0 Å². The second kappa shape index (κ2) is 7.32. The second-order valence-electron chi connectivity index (χ2n) is 3.89. The van der Waals surface area contributed by atoms with Crippen LogP contribution in [0.2, 0.25) is 0 Å². The minimum atomic E-state index is -0.792. The number of rotatable bonds is 8. The molecule has 0 aliphatic carbocycles. The Morgan fingerprint density at radius 2 is 2.00 bits per heavy atom. The Hall–Kier alpha value is -0.990. The van der Waals surface area contributed by atoms with Gasteiger partial charge in [-0.25, -0.2) is 4.39 Å². The van der Waals surface area contributed by atoms with E-state index in [0.29, 0.717) is 49.1 Å². The predicted molar refractivity (Wildman–Crippen MR) is 63.9 cm³/mol. The van der Waals surface area contributed by atoms with Crippen LogP contribution >= 0.6 is 0 Å². The Morgan fingerprint density at radius 1 is 1.40 bits per heavy atom. The molecule has 0 radical (unpaired) electrons. The third-order valence-corrected chi connectivity index (χ3v) is 2.31. The number of halogens is 1. The van der Waals surface area contributed by atoms with E-state index in [1.807, 2.05) is 6.92 Å². The summed E-state index contributed by atoms with van der Waals surface area (Å²) < 4.78 is 12.5. The van der Waals surface area contributed by atoms with Crippen molar-refractivity contribution in [3.8, 4) is 0 Å². The van der Waals surface area contributed by atoms with Crippen LogP contribution in [0.15, 0.2) is 12.2 Å². The lowest BCUT2D eigenvalue weighted by atomic mass is 10.00. The normalized spacial score (nSPS) is 12.2. The number of hydrogen-bond acceptors (Lipinski definition) is 2. The highest BCUT2D eigenvalue weighted by atomic mass is 19.1. The van der Waals surface area contributed by atoms with Gasteiger partial charge in [-0.3, -0.25) is 0 Å². The fourth-order valence-electron chi connectivity index (χ4n) is 1.23. The lowest BCUT2D eigenvalue weighted by Crippen LogP contribution is -2.06. The zero-order chi connectivity index (χ0) is 11.8. The second-order valence-corrected chi connectivity index (χ2v) is 3.89. The average molecular weight is 212 g/mol. The monoisotopic (exact) mass is 212 g/mol. The lowest BCUT2D eigenvalue weighted by Gasteiger charge is -2.08. The maximum absolute atomic E-state index is 12.5. The van der Waals surface area contributed by atoms with Crippen molar-refractivity contribution in [2.75, 3.05) is 0 Å². The third-order valence-electron chi connectivity index (χ3n) is 2.31. The number of allylic oxidation sites excluding steroid dienone is 1. The molecule has 0 aromatic carbocycles. The smallest absolute Gasteiger partial charge is 0.0973 e. The van der Waals surface area contributed by atoms with Crippen molar-refractivity contribution in [3.63, 3.8) is 0 Å². The molecule has 2 nitrogen and oxygen atoms in total. The van der Waals surface area contributed by atoms with Crippen molar-refractivity contribution in [2.24, 2.45) is 0 Å². The number of nitrogens with one attached hydrogen (secondary N) is 2. The zero-order valence-electron chi connectivity index (χ0n) is 9.70. The van der Waals surface area contributed by atoms with Gasteiger partial charge in [-0.2, -0.15) is 0 Å². The number of alkyl halides is 1. The Kier molecular flexibility index (Phi) is 6.84. The summed E-state index contributed by atoms with van der Waals surface area (Å²) >= 11 is 0. The van der Waals surface area contributed by atoms with Gasteiger partial charge in [-0.1, -0.05) is 13.5 Å². The number of hydrogen-bond donors (Lipinski definition) is 2. The van der Waals surface area contributed by atoms with E-state index in [9.17, 15) is 4.39 Å². The molecule has 86 valence electrons. The minimum Gasteiger partial charge on any atom is -0.309 e. The Labute approximate surface area is 91.6 Å². The van der Waals surface area contributed by atoms with Crippen LogP contribution in [-0.2, 0) is 0 Å². The molecule has 0 spiro atoms. The highest BCUT2D eigenvalue weighted by Gasteiger charge is 2.06. The Bertz CT molecular complexity index is 244. The third kappa shape index (κ3) is 7.00. The first-order chi connectivity index (χ1) is 6.97. The first-order valence-corrected chi connectivity index (χ1v) is 5.43. The minimum absolute atomic E-state index is 0.467. The van der Waals surface area contributed by atoms with Gasteiger partial charge in [-0.05, 0) is 38.2 Å². The molecule has 0 fully saturated rings. The maximum Gasteiger partial charge on any atom is 0.0973 e. The molecular weight excluding hydrogens is 191 g/mol. The molecule has 0 heterocycles. The quantitative estimate of drug-likeness (QED) is 0.573. The fourth-order valence-corrected chi connectivity index (χ4v) is 1.23. The molecule has 0 amide bonds. The predicted octanol–water partition coefficient (Wildman–Crippen LogP) is 3.91. The van der Waals surface area contributed by atoms with Crippen molar-refractivity contribution in [3.05, 3.63) is 12.2 Å². The standard InChI is InChI=1S/C12H21FN2/c1-4-11(14)8-9(2)12(15)7-5-6-10(3)13/h10,14-15H,2,4-8H2,1,3H3. The van der Waals surface area contributed by atoms with Gasteiger partial charge in [0, 0.05) is 17.8 Å². The van der Waals surface area contributed by atoms with Crippen LogP contribution in [0.4, 0.5) is 4.39 Å². The lowest BCUT2D eigenvalue weighted by molar-refractivity contribution is 0.336. The van der Waals surface area contributed by atoms with E-state index in [1.54, 1.807) is 0 Å². The van der Waals surface area contributed by atoms with E-state index in [1.165, 1.54) is 6.92 Å². The van der Waals surface area contributed by atoms with Gasteiger partial charge in [-0.15, -0.1) is 0 Å². The van der Waals surface area contributed by atoms with E-state index in [2.05, 4.69) is 6.58 Å². The molecule has 1 atom stereocenters. The summed E-state index contributed by atoms with van der Waals surface area (Å²) in [6, 6.07) is 0. The summed E-state index contributed by atoms with van der Waals surface area (Å²) in [6.07, 6.45) is 2.16. The molecule has 0 aromatic heterocycles. The summed E-state index contributed by atoms with van der Waals surface area (Å²) in [5, 5.41) is 15.2. The molecule has 0 saturated heterocycles. The van der Waals surface area contributed by atoms with E-state index in [4.69, 9.17) is 10.8 Å². The van der Waals surface area contributed by atoms with Crippen molar-refractivity contribution < 1.29 is 4.39 Å². The van der Waals surface area contributed by atoms with Crippen LogP contribution < -0.4 is 0 Å². The van der Waals surface area contributed by atoms with Crippen LogP contribution in [0, 0.1) is 10.8 Å². The molecule has 2 N–H and O–H groups in total. The molecule has 0 saturated carbocycles. The molecule has 0 aliphatic rings. The topological polar surface area (TPSA) is 47.7 Å². The van der Waals surface area contributed by atoms with Crippen molar-refractivity contribution in [1.29, 1.82) is 10.8 Å². The maximum atomic E-state index is 12.5. The largest absolute Gasteiger partial charge is 0.309 e. The zero-order valence-corrected chi connectivity index (χ0v) is 9.70. The average Bonchev–Trinajstić information content (AvgIpc) is 2.16. The fraction of sp³-hybridized carbons (Fsp3) is 0.667. The first-order valence-electron chi connectivity index (χ1n) is 5.43. The highest BCUT2D eigenvalue weighted by molar-refractivity contribution is 6.02. The molecule has 1 unspecified atom stereocenters. The Morgan fingerprint density at radius 3 is 2.47 bits per heavy atom. The molecule has 0 aromatic rings. The van der Waals surface area contributed by atoms with Gasteiger partial charge < -0.3 is 10.8 Å². The summed E-state index contributed by atoms with van der Waals surface area (Å²) in [7, 11) is 0. The van der Waals surface area contributed by atoms with Gasteiger partial charge in [0.05, 0.1) is 6.17 Å². The van der Waals surface area contributed by atoms with Crippen molar-refractivity contribution >= 4 is 11.4 Å². The van der Waals surface area contributed by atoms with E-state index in [-0.39, 0.29) is 0 Å². The van der Waals surface area contributed by atoms with Gasteiger partial charge in [0.15, 0.2) is 0 Å². The first kappa shape index (κ1) is 14.0. The van der Waals surface area contributed by atoms with Crippen LogP contribution in [0.5, 0.6) is 0 Å². The van der Waals surface area contributed by atoms with Gasteiger partial charge >= 0.3 is 0 Å². The molecule has 0 rings (SSSR count). The summed E-state index contributed by atoms with van der Waals surface area (Å²) in [5.74, 6) is 0. The highest BCUT2D eigenvalue weighted by Crippen LogP contribution is 2.11. The summed E-state index contributed by atoms with van der Waals surface area (Å²) in [4.78, 5) is 0. The molecule has 15 heavy (non-hydrogen) atoms. The van der Waals surface area contributed by atoms with Crippen molar-refractivity contribution in [2.45, 2.75) is 52.1 Å². The van der Waals surface area contributed by atoms with E-state index in [0.717, 1.165) is 0 Å². The summed E-state index contributed by atoms with van der Waals surface area (Å²) in [6.45, 7) is 7.23. The van der Waals surface area contributed by atoms with Crippen LogP contribution in [0.1, 0.15) is 46.0 Å². The Balaban J connectivity index is 3.80. The van der Waals surface area contributed by atoms with Crippen molar-refractivity contribution in [1.82, 2.24) is 0 Å². The molecule has 0 aliphatic heterocycles. The van der Waals surface area contributed by atoms with E-state index >= 15 is 0 Å². The SMILES string of the molecule is C=C(CC(=N)CC)C(=N)CCCC(C)F. The van der Waals surface area contributed by atoms with Crippen LogP contribution in [0.25, 0.3) is 0 Å². The molecular formula is C12H21FN2. The summed E-state index contributed by atoms with van der Waals surface area (Å²) in [5.41, 5.74) is 1.77. The van der Waals surface area contributed by atoms with Gasteiger partial charge in [0.25, 0.3) is 0 Å². The van der Waals surface area contributed by atoms with Gasteiger partial charge in [0.1, 0.15) is 0 Å². The van der Waals surface area contributed by atoms with Gasteiger partial charge in [0.2, 0.25) is 0 Å². The van der Waals surface area contributed by atoms with E-state index < -0.39 is 6.17 Å². The van der Waals surface area contributed by atoms with Crippen LogP contribution in [-0.4, -0.2) is 17.6 Å².